The number of pyridine rings is 1. The number of halogens is 2. The molecule has 1 amide bonds. The van der Waals surface area contributed by atoms with Crippen molar-refractivity contribution in [3.05, 3.63) is 54.2 Å². The van der Waals surface area contributed by atoms with Crippen molar-refractivity contribution in [2.75, 3.05) is 13.1 Å². The van der Waals surface area contributed by atoms with E-state index in [1.165, 1.54) is 0 Å². The SMILES string of the molecule is Cl.Cl.O=C(NCc1ccc(Oc2ccccc2)nc1)C1CCNC1. The van der Waals surface area contributed by atoms with Gasteiger partial charge in [0.25, 0.3) is 0 Å². The van der Waals surface area contributed by atoms with Crippen LogP contribution in [0.3, 0.4) is 0 Å². The van der Waals surface area contributed by atoms with Crippen LogP contribution in [0.1, 0.15) is 12.0 Å². The second kappa shape index (κ2) is 10.1. The van der Waals surface area contributed by atoms with Crippen molar-refractivity contribution in [2.45, 2.75) is 13.0 Å². The van der Waals surface area contributed by atoms with Gasteiger partial charge >= 0.3 is 0 Å². The molecule has 0 spiro atoms. The zero-order chi connectivity index (χ0) is 15.2. The molecular formula is C17H21Cl2N3O2. The Hall–Kier alpha value is -1.82. The van der Waals surface area contributed by atoms with E-state index in [1.54, 1.807) is 6.20 Å². The first-order valence-corrected chi connectivity index (χ1v) is 7.47. The predicted molar refractivity (Wildman–Crippen MR) is 98.1 cm³/mol. The standard InChI is InChI=1S/C17H19N3O2.2ClH/c21-17(14-8-9-18-12-14)20-11-13-6-7-16(19-10-13)22-15-4-2-1-3-5-15;;/h1-7,10,14,18H,8-9,11-12H2,(H,20,21);2*1H. The first-order valence-electron chi connectivity index (χ1n) is 7.47. The van der Waals surface area contributed by atoms with Crippen molar-refractivity contribution < 1.29 is 9.53 Å². The Balaban J connectivity index is 0.00000144. The summed E-state index contributed by atoms with van der Waals surface area (Å²) in [7, 11) is 0. The van der Waals surface area contributed by atoms with Gasteiger partial charge in [-0.25, -0.2) is 4.98 Å². The number of hydrogen-bond donors (Lipinski definition) is 2. The Bertz CT molecular complexity index is 617. The van der Waals surface area contributed by atoms with Gasteiger partial charge in [0.1, 0.15) is 5.75 Å². The van der Waals surface area contributed by atoms with Gasteiger partial charge in [0.05, 0.1) is 5.92 Å². The van der Waals surface area contributed by atoms with E-state index in [1.807, 2.05) is 42.5 Å². The first-order chi connectivity index (χ1) is 10.8. The molecule has 24 heavy (non-hydrogen) atoms. The predicted octanol–water partition coefficient (Wildman–Crippen LogP) is 2.94. The number of nitrogens with one attached hydrogen (secondary N) is 2. The molecule has 3 rings (SSSR count). The molecule has 1 aromatic carbocycles. The van der Waals surface area contributed by atoms with E-state index in [-0.39, 0.29) is 36.6 Å². The molecule has 0 aliphatic carbocycles. The van der Waals surface area contributed by atoms with Crippen LogP contribution in [0.2, 0.25) is 0 Å². The third-order valence-electron chi connectivity index (χ3n) is 3.66. The van der Waals surface area contributed by atoms with Gasteiger partial charge in [0.2, 0.25) is 11.8 Å². The number of aromatic nitrogens is 1. The van der Waals surface area contributed by atoms with Gasteiger partial charge in [-0.3, -0.25) is 4.79 Å². The summed E-state index contributed by atoms with van der Waals surface area (Å²) in [5.41, 5.74) is 0.958. The molecule has 5 nitrogen and oxygen atoms in total. The zero-order valence-electron chi connectivity index (χ0n) is 13.1. The minimum Gasteiger partial charge on any atom is -0.439 e. The van der Waals surface area contributed by atoms with Gasteiger partial charge in [-0.2, -0.15) is 0 Å². The number of hydrogen-bond acceptors (Lipinski definition) is 4. The molecule has 1 saturated heterocycles. The molecule has 2 aromatic rings. The van der Waals surface area contributed by atoms with Crippen LogP contribution in [0, 0.1) is 5.92 Å². The number of rotatable bonds is 5. The maximum absolute atomic E-state index is 11.9. The highest BCUT2D eigenvalue weighted by atomic mass is 35.5. The van der Waals surface area contributed by atoms with E-state index >= 15 is 0 Å². The second-order valence-electron chi connectivity index (χ2n) is 5.33. The van der Waals surface area contributed by atoms with Crippen LogP contribution in [0.25, 0.3) is 0 Å². The molecule has 1 aliphatic heterocycles. The maximum Gasteiger partial charge on any atom is 0.224 e. The molecule has 1 aliphatic rings. The summed E-state index contributed by atoms with van der Waals surface area (Å²) >= 11 is 0. The van der Waals surface area contributed by atoms with Crippen LogP contribution >= 0.6 is 24.8 Å². The number of nitrogens with zero attached hydrogens (tertiary/aromatic N) is 1. The molecule has 1 atom stereocenters. The number of carbonyl (C=O) groups is 1. The third kappa shape index (κ3) is 5.67. The highest BCUT2D eigenvalue weighted by Crippen LogP contribution is 2.18. The minimum atomic E-state index is 0. The first kappa shape index (κ1) is 20.2. The number of carbonyl (C=O) groups excluding carboxylic acids is 1. The lowest BCUT2D eigenvalue weighted by Crippen LogP contribution is -2.31. The lowest BCUT2D eigenvalue weighted by molar-refractivity contribution is -0.124. The van der Waals surface area contributed by atoms with E-state index < -0.39 is 0 Å². The van der Waals surface area contributed by atoms with Gasteiger partial charge in [-0.15, -0.1) is 24.8 Å². The lowest BCUT2D eigenvalue weighted by atomic mass is 10.1. The van der Waals surface area contributed by atoms with Gasteiger partial charge in [-0.1, -0.05) is 24.3 Å². The van der Waals surface area contributed by atoms with E-state index in [9.17, 15) is 4.79 Å². The molecule has 1 fully saturated rings. The fraction of sp³-hybridized carbons (Fsp3) is 0.294. The monoisotopic (exact) mass is 369 g/mol. The second-order valence-corrected chi connectivity index (χ2v) is 5.33. The summed E-state index contributed by atoms with van der Waals surface area (Å²) in [5, 5.41) is 6.14. The Kier molecular flexibility index (Phi) is 8.54. The molecule has 0 radical (unpaired) electrons. The summed E-state index contributed by atoms with van der Waals surface area (Å²) < 4.78 is 5.63. The summed E-state index contributed by atoms with van der Waals surface area (Å²) in [6, 6.07) is 13.3. The Morgan fingerprint density at radius 2 is 2.00 bits per heavy atom. The van der Waals surface area contributed by atoms with Crippen LogP contribution in [-0.2, 0) is 11.3 Å². The average Bonchev–Trinajstić information content (AvgIpc) is 3.09. The molecule has 0 saturated carbocycles. The summed E-state index contributed by atoms with van der Waals surface area (Å²) in [6.07, 6.45) is 2.64. The van der Waals surface area contributed by atoms with Gasteiger partial charge < -0.3 is 15.4 Å². The Morgan fingerprint density at radius 1 is 1.21 bits per heavy atom. The van der Waals surface area contributed by atoms with Crippen molar-refractivity contribution >= 4 is 30.7 Å². The van der Waals surface area contributed by atoms with Crippen LogP contribution in [-0.4, -0.2) is 24.0 Å². The van der Waals surface area contributed by atoms with Crippen molar-refractivity contribution in [3.8, 4) is 11.6 Å². The Morgan fingerprint density at radius 3 is 2.62 bits per heavy atom. The van der Waals surface area contributed by atoms with Crippen molar-refractivity contribution in [1.29, 1.82) is 0 Å². The molecule has 130 valence electrons. The largest absolute Gasteiger partial charge is 0.439 e. The number of para-hydroxylation sites is 1. The molecular weight excluding hydrogens is 349 g/mol. The van der Waals surface area contributed by atoms with Gasteiger partial charge in [0.15, 0.2) is 0 Å². The van der Waals surface area contributed by atoms with E-state index in [0.29, 0.717) is 12.4 Å². The van der Waals surface area contributed by atoms with Crippen molar-refractivity contribution in [3.63, 3.8) is 0 Å². The van der Waals surface area contributed by atoms with E-state index in [4.69, 9.17) is 4.74 Å². The highest BCUT2D eigenvalue weighted by Gasteiger charge is 2.21. The number of benzene rings is 1. The van der Waals surface area contributed by atoms with Gasteiger partial charge in [-0.05, 0) is 30.7 Å². The van der Waals surface area contributed by atoms with E-state index in [2.05, 4.69) is 15.6 Å². The van der Waals surface area contributed by atoms with Gasteiger partial charge in [0, 0.05) is 25.4 Å². The fourth-order valence-electron chi connectivity index (χ4n) is 2.40. The topological polar surface area (TPSA) is 63.2 Å². The number of ether oxygens (including phenoxy) is 1. The van der Waals surface area contributed by atoms with Crippen molar-refractivity contribution in [1.82, 2.24) is 15.6 Å². The highest BCUT2D eigenvalue weighted by molar-refractivity contribution is 5.85. The van der Waals surface area contributed by atoms with Crippen LogP contribution in [0.5, 0.6) is 11.6 Å². The summed E-state index contributed by atoms with van der Waals surface area (Å²) in [5.74, 6) is 1.49. The molecule has 1 unspecified atom stereocenters. The lowest BCUT2D eigenvalue weighted by Gasteiger charge is -2.10. The zero-order valence-corrected chi connectivity index (χ0v) is 14.7. The van der Waals surface area contributed by atoms with Crippen LogP contribution in [0.4, 0.5) is 0 Å². The smallest absolute Gasteiger partial charge is 0.224 e. The fourth-order valence-corrected chi connectivity index (χ4v) is 2.40. The number of amides is 1. The molecule has 2 N–H and O–H groups in total. The maximum atomic E-state index is 11.9. The quantitative estimate of drug-likeness (QED) is 0.850. The normalized spacial score (nSPS) is 15.8. The van der Waals surface area contributed by atoms with Crippen LogP contribution < -0.4 is 15.4 Å². The average molecular weight is 370 g/mol. The van der Waals surface area contributed by atoms with E-state index in [0.717, 1.165) is 30.8 Å². The molecule has 2 heterocycles. The minimum absolute atomic E-state index is 0. The molecule has 0 bridgehead atoms. The molecule has 1 aromatic heterocycles. The summed E-state index contributed by atoms with van der Waals surface area (Å²) in [4.78, 5) is 16.2. The molecule has 7 heteroatoms. The third-order valence-corrected chi connectivity index (χ3v) is 3.66. The van der Waals surface area contributed by atoms with Crippen LogP contribution in [0.15, 0.2) is 48.7 Å². The summed E-state index contributed by atoms with van der Waals surface area (Å²) in [6.45, 7) is 2.19. The Labute approximate surface area is 154 Å². The van der Waals surface area contributed by atoms with Crippen molar-refractivity contribution in [2.24, 2.45) is 5.92 Å².